The monoisotopic (exact) mass is 426 g/mol. The lowest BCUT2D eigenvalue weighted by Gasteiger charge is -2.44. The maximum absolute atomic E-state index is 13.2. The van der Waals surface area contributed by atoms with Gasteiger partial charge >= 0.3 is 0 Å². The first-order valence-corrected chi connectivity index (χ1v) is 11.5. The molecule has 2 fully saturated rings. The van der Waals surface area contributed by atoms with Crippen molar-refractivity contribution in [3.63, 3.8) is 0 Å². The van der Waals surface area contributed by atoms with Gasteiger partial charge in [-0.05, 0) is 75.1 Å². The fourth-order valence-corrected chi connectivity index (χ4v) is 4.78. The number of fused-ring (bicyclic) bond motifs is 1. The molecule has 2 amide bonds. The van der Waals surface area contributed by atoms with Gasteiger partial charge in [-0.2, -0.15) is 0 Å². The Morgan fingerprint density at radius 3 is 2.74 bits per heavy atom. The van der Waals surface area contributed by atoms with E-state index in [1.54, 1.807) is 23.1 Å². The number of ether oxygens (including phenoxy) is 1. The Labute approximate surface area is 183 Å². The van der Waals surface area contributed by atoms with Gasteiger partial charge in [0.05, 0.1) is 6.04 Å². The van der Waals surface area contributed by atoms with Crippen LogP contribution in [0.2, 0.25) is 0 Å². The summed E-state index contributed by atoms with van der Waals surface area (Å²) >= 11 is 0. The molecule has 4 rings (SSSR count). The summed E-state index contributed by atoms with van der Waals surface area (Å²) in [5.41, 5.74) is 2.12. The van der Waals surface area contributed by atoms with Crippen molar-refractivity contribution >= 4 is 17.9 Å². The van der Waals surface area contributed by atoms with Crippen LogP contribution in [0, 0.1) is 5.82 Å². The molecular formula is C25H31FN2O3. The third-order valence-electron chi connectivity index (χ3n) is 6.45. The zero-order valence-electron chi connectivity index (χ0n) is 17.9. The average Bonchev–Trinajstić information content (AvgIpc) is 2.79. The lowest BCUT2D eigenvalue weighted by atomic mass is 9.89. The number of carbonyl (C=O) groups is 2. The lowest BCUT2D eigenvalue weighted by Crippen LogP contribution is -2.57. The summed E-state index contributed by atoms with van der Waals surface area (Å²) in [6.07, 6.45) is 13.3. The number of morpholine rings is 1. The van der Waals surface area contributed by atoms with Gasteiger partial charge in [0.15, 0.2) is 5.76 Å². The number of hydrogen-bond donors (Lipinski definition) is 1. The lowest BCUT2D eigenvalue weighted by molar-refractivity contribution is -0.151. The van der Waals surface area contributed by atoms with Gasteiger partial charge in [-0.15, -0.1) is 0 Å². The summed E-state index contributed by atoms with van der Waals surface area (Å²) in [4.78, 5) is 27.5. The summed E-state index contributed by atoms with van der Waals surface area (Å²) in [5.74, 6) is -0.489. The number of nitrogens with zero attached hydrogens (tertiary/aromatic N) is 1. The van der Waals surface area contributed by atoms with Crippen LogP contribution in [0.4, 0.5) is 4.39 Å². The number of amides is 2. The fraction of sp³-hybridized carbons (Fsp3) is 0.520. The molecule has 0 aromatic heterocycles. The van der Waals surface area contributed by atoms with E-state index < -0.39 is 0 Å². The normalized spacial score (nSPS) is 24.9. The second kappa shape index (κ2) is 10.1. The molecule has 2 aliphatic carbocycles. The number of allylic oxidation sites excluding steroid dienone is 1. The number of halogens is 1. The molecule has 1 saturated carbocycles. The van der Waals surface area contributed by atoms with Crippen molar-refractivity contribution in [3.8, 4) is 0 Å². The molecule has 1 aliphatic heterocycles. The summed E-state index contributed by atoms with van der Waals surface area (Å²) in [6.45, 7) is 0.652. The van der Waals surface area contributed by atoms with Gasteiger partial charge in [0.25, 0.3) is 5.91 Å². The summed E-state index contributed by atoms with van der Waals surface area (Å²) < 4.78 is 19.3. The molecule has 1 N–H and O–H groups in total. The van der Waals surface area contributed by atoms with Crippen molar-refractivity contribution < 1.29 is 18.7 Å². The number of hydrogen-bond acceptors (Lipinski definition) is 3. The van der Waals surface area contributed by atoms with Crippen LogP contribution in [0.15, 0.2) is 41.7 Å². The van der Waals surface area contributed by atoms with Crippen LogP contribution >= 0.6 is 0 Å². The molecule has 3 aliphatic rings. The average molecular weight is 427 g/mol. The van der Waals surface area contributed by atoms with Crippen LogP contribution in [0.25, 0.3) is 6.08 Å². The third kappa shape index (κ3) is 5.54. The Morgan fingerprint density at radius 1 is 1.16 bits per heavy atom. The highest BCUT2D eigenvalue weighted by Gasteiger charge is 2.42. The predicted octanol–water partition coefficient (Wildman–Crippen LogP) is 4.34. The zero-order valence-corrected chi connectivity index (χ0v) is 17.9. The summed E-state index contributed by atoms with van der Waals surface area (Å²) in [6, 6.07) is 5.87. The first kappa shape index (κ1) is 21.6. The minimum absolute atomic E-state index is 0.0448. The molecule has 2 unspecified atom stereocenters. The molecule has 0 radical (unpaired) electrons. The van der Waals surface area contributed by atoms with Crippen molar-refractivity contribution in [3.05, 3.63) is 53.1 Å². The van der Waals surface area contributed by atoms with Crippen molar-refractivity contribution in [1.29, 1.82) is 0 Å². The van der Waals surface area contributed by atoms with E-state index in [1.165, 1.54) is 30.5 Å². The van der Waals surface area contributed by atoms with Gasteiger partial charge in [-0.3, -0.25) is 9.59 Å². The first-order valence-electron chi connectivity index (χ1n) is 11.5. The molecule has 1 heterocycles. The van der Waals surface area contributed by atoms with Crippen LogP contribution in [-0.2, 0) is 14.3 Å². The second-order valence-electron chi connectivity index (χ2n) is 8.71. The molecule has 1 aromatic carbocycles. The molecule has 5 nitrogen and oxygen atoms in total. The van der Waals surface area contributed by atoms with Gasteiger partial charge in [0.2, 0.25) is 5.91 Å². The minimum atomic E-state index is -0.326. The van der Waals surface area contributed by atoms with E-state index in [4.69, 9.17) is 4.74 Å². The Morgan fingerprint density at radius 2 is 1.97 bits per heavy atom. The Kier molecular flexibility index (Phi) is 7.05. The third-order valence-corrected chi connectivity index (χ3v) is 6.45. The molecule has 0 spiro atoms. The number of nitrogens with one attached hydrogen (secondary N) is 1. The Hall–Kier alpha value is -2.63. The molecule has 1 saturated heterocycles. The fourth-order valence-electron chi connectivity index (χ4n) is 4.78. The van der Waals surface area contributed by atoms with Crippen LogP contribution < -0.4 is 5.32 Å². The van der Waals surface area contributed by atoms with Gasteiger partial charge in [0, 0.05) is 6.54 Å². The van der Waals surface area contributed by atoms with Crippen LogP contribution in [0.3, 0.4) is 0 Å². The van der Waals surface area contributed by atoms with Crippen molar-refractivity contribution in [2.24, 2.45) is 0 Å². The molecule has 1 aromatic rings. The second-order valence-corrected chi connectivity index (χ2v) is 8.71. The summed E-state index contributed by atoms with van der Waals surface area (Å²) in [5, 5.41) is 2.99. The maximum Gasteiger partial charge on any atom is 0.289 e. The van der Waals surface area contributed by atoms with Gasteiger partial charge in [-0.25, -0.2) is 4.39 Å². The number of rotatable bonds is 6. The highest BCUT2D eigenvalue weighted by molar-refractivity contribution is 5.98. The maximum atomic E-state index is 13.2. The molecule has 31 heavy (non-hydrogen) atoms. The molecule has 166 valence electrons. The van der Waals surface area contributed by atoms with Crippen molar-refractivity contribution in [2.75, 3.05) is 13.1 Å². The summed E-state index contributed by atoms with van der Waals surface area (Å²) in [7, 11) is 0. The smallest absolute Gasteiger partial charge is 0.289 e. The van der Waals surface area contributed by atoms with Crippen LogP contribution in [0.1, 0.15) is 63.4 Å². The van der Waals surface area contributed by atoms with Crippen LogP contribution in [-0.4, -0.2) is 41.9 Å². The van der Waals surface area contributed by atoms with E-state index in [-0.39, 0.29) is 42.1 Å². The molecule has 2 atom stereocenters. The van der Waals surface area contributed by atoms with E-state index in [2.05, 4.69) is 11.4 Å². The van der Waals surface area contributed by atoms with E-state index in [0.717, 1.165) is 44.9 Å². The Balaban J connectivity index is 1.42. The van der Waals surface area contributed by atoms with Crippen molar-refractivity contribution in [2.45, 2.75) is 69.9 Å². The number of carbonyl (C=O) groups excluding carboxylic acids is 2. The van der Waals surface area contributed by atoms with Gasteiger partial charge in [0.1, 0.15) is 18.5 Å². The van der Waals surface area contributed by atoms with E-state index in [0.29, 0.717) is 12.1 Å². The van der Waals surface area contributed by atoms with Crippen LogP contribution in [0.5, 0.6) is 0 Å². The SMILES string of the molecule is O=C(CN1C(=O)/C(=C\c2ccc(F)cc2)OC2CCCCC21)NCCC1=CCCCC1. The van der Waals surface area contributed by atoms with E-state index in [9.17, 15) is 14.0 Å². The predicted molar refractivity (Wildman–Crippen MR) is 117 cm³/mol. The van der Waals surface area contributed by atoms with Gasteiger partial charge in [-0.1, -0.05) is 30.2 Å². The van der Waals surface area contributed by atoms with E-state index in [1.807, 2.05) is 0 Å². The standard InChI is InChI=1S/C25H31FN2O3/c26-20-12-10-19(11-13-20)16-23-25(30)28(21-8-4-5-9-22(21)31-23)17-24(29)27-15-14-18-6-2-1-3-7-18/h6,10-13,16,21-22H,1-5,7-9,14-15,17H2,(H,27,29)/b23-16+. The largest absolute Gasteiger partial charge is 0.482 e. The Bertz CT molecular complexity index is 862. The van der Waals surface area contributed by atoms with E-state index >= 15 is 0 Å². The quantitative estimate of drug-likeness (QED) is 0.544. The van der Waals surface area contributed by atoms with Gasteiger partial charge < -0.3 is 15.0 Å². The molecule has 0 bridgehead atoms. The topological polar surface area (TPSA) is 58.6 Å². The van der Waals surface area contributed by atoms with Crippen molar-refractivity contribution in [1.82, 2.24) is 10.2 Å². The highest BCUT2D eigenvalue weighted by Crippen LogP contribution is 2.33. The first-order chi connectivity index (χ1) is 15.1. The highest BCUT2D eigenvalue weighted by atomic mass is 19.1. The number of benzene rings is 1. The molecule has 6 heteroatoms. The molecular weight excluding hydrogens is 395 g/mol. The zero-order chi connectivity index (χ0) is 21.6. The minimum Gasteiger partial charge on any atom is -0.482 e.